The van der Waals surface area contributed by atoms with Gasteiger partial charge in [0, 0.05) is 33.1 Å². The van der Waals surface area contributed by atoms with Gasteiger partial charge in [-0.25, -0.2) is 0 Å². The first-order valence-electron chi connectivity index (χ1n) is 17.0. The lowest BCUT2D eigenvalue weighted by Crippen LogP contribution is -2.15. The molecule has 2 aliphatic rings. The lowest BCUT2D eigenvalue weighted by Gasteiger charge is -2.30. The van der Waals surface area contributed by atoms with E-state index in [-0.39, 0.29) is 5.41 Å². The maximum Gasteiger partial charge on any atom is 0.136 e. The minimum atomic E-state index is -0.0520. The zero-order chi connectivity index (χ0) is 32.7. The summed E-state index contributed by atoms with van der Waals surface area (Å²) in [6.07, 6.45) is 0. The molecule has 0 bridgehead atoms. The molecule has 0 radical (unpaired) electrons. The van der Waals surface area contributed by atoms with Crippen LogP contribution in [0.4, 0.5) is 17.1 Å². The molecule has 0 spiro atoms. The van der Waals surface area contributed by atoms with E-state index in [1.54, 1.807) is 0 Å². The number of hydrogen-bond acceptors (Lipinski definition) is 2. The van der Waals surface area contributed by atoms with Crippen molar-refractivity contribution in [3.8, 4) is 44.9 Å². The monoisotopic (exact) mass is 627 g/mol. The lowest BCUT2D eigenvalue weighted by molar-refractivity contribution is 0.487. The highest BCUT2D eigenvalue weighted by Crippen LogP contribution is 2.53. The Morgan fingerprint density at radius 3 is 2.08 bits per heavy atom. The Kier molecular flexibility index (Phi) is 5.95. The molecule has 2 heteroatoms. The largest absolute Gasteiger partial charge is 0.456 e. The summed E-state index contributed by atoms with van der Waals surface area (Å²) in [6.45, 7) is 4.68. The van der Waals surface area contributed by atoms with Gasteiger partial charge < -0.3 is 9.64 Å². The summed E-state index contributed by atoms with van der Waals surface area (Å²) in [5.74, 6) is 1.77. The fourth-order valence-electron chi connectivity index (χ4n) is 8.21. The van der Waals surface area contributed by atoms with Gasteiger partial charge in [0.25, 0.3) is 0 Å². The van der Waals surface area contributed by atoms with Crippen LogP contribution in [-0.4, -0.2) is 0 Å². The molecular weight excluding hydrogens is 595 g/mol. The molecule has 2 nitrogen and oxygen atoms in total. The van der Waals surface area contributed by atoms with Crippen LogP contribution in [0.15, 0.2) is 164 Å². The minimum absolute atomic E-state index is 0.0520. The molecule has 0 amide bonds. The maximum absolute atomic E-state index is 6.72. The Labute approximate surface area is 286 Å². The maximum atomic E-state index is 6.72. The average molecular weight is 628 g/mol. The summed E-state index contributed by atoms with van der Waals surface area (Å²) in [5.41, 5.74) is 13.3. The second-order valence-electron chi connectivity index (χ2n) is 13.8. The standard InChI is InChI=1S/C47H33NO/c1-47(2)41-18-9-8-15-36(41)40-29-35(22-24-42(40)47)48(34-21-19-31-13-6-7-14-32(31)27-34)43-25-26-44-46-38(16-10-17-39(43)46)37-23-20-33(28-45(37)49-44)30-11-4-3-5-12-30/h3-29H,1-2H3. The van der Waals surface area contributed by atoms with Crippen LogP contribution in [0.3, 0.4) is 0 Å². The van der Waals surface area contributed by atoms with Gasteiger partial charge in [0.2, 0.25) is 0 Å². The van der Waals surface area contributed by atoms with E-state index in [2.05, 4.69) is 183 Å². The number of nitrogens with zero attached hydrogens (tertiary/aromatic N) is 1. The van der Waals surface area contributed by atoms with Gasteiger partial charge in [0.15, 0.2) is 0 Å². The van der Waals surface area contributed by atoms with Crippen LogP contribution in [0.25, 0.3) is 54.9 Å². The third kappa shape index (κ3) is 4.20. The van der Waals surface area contributed by atoms with Gasteiger partial charge in [0.05, 0.1) is 5.69 Å². The van der Waals surface area contributed by atoms with Crippen LogP contribution >= 0.6 is 0 Å². The summed E-state index contributed by atoms with van der Waals surface area (Å²) in [5, 5.41) is 4.74. The molecule has 232 valence electrons. The number of ether oxygens (including phenoxy) is 1. The van der Waals surface area contributed by atoms with E-state index in [4.69, 9.17) is 4.74 Å². The molecule has 0 saturated carbocycles. The summed E-state index contributed by atoms with van der Waals surface area (Å²) in [7, 11) is 0. The summed E-state index contributed by atoms with van der Waals surface area (Å²) >= 11 is 0. The number of benzene rings is 8. The molecule has 10 rings (SSSR count). The normalized spacial score (nSPS) is 13.4. The smallest absolute Gasteiger partial charge is 0.136 e. The van der Waals surface area contributed by atoms with E-state index in [1.807, 2.05) is 0 Å². The van der Waals surface area contributed by atoms with E-state index in [9.17, 15) is 0 Å². The Morgan fingerprint density at radius 2 is 1.18 bits per heavy atom. The molecular formula is C47H33NO. The third-order valence-corrected chi connectivity index (χ3v) is 10.6. The fraction of sp³-hybridized carbons (Fsp3) is 0.0638. The van der Waals surface area contributed by atoms with Crippen LogP contribution in [0, 0.1) is 0 Å². The number of anilines is 3. The van der Waals surface area contributed by atoms with Crippen molar-refractivity contribution in [2.45, 2.75) is 19.3 Å². The van der Waals surface area contributed by atoms with Crippen molar-refractivity contribution in [1.29, 1.82) is 0 Å². The van der Waals surface area contributed by atoms with Crippen LogP contribution in [0.1, 0.15) is 25.0 Å². The molecule has 1 aliphatic carbocycles. The second-order valence-corrected chi connectivity index (χ2v) is 13.8. The highest BCUT2D eigenvalue weighted by molar-refractivity contribution is 6.11. The molecule has 0 aromatic heterocycles. The Balaban J connectivity index is 1.19. The molecule has 0 fully saturated rings. The lowest BCUT2D eigenvalue weighted by atomic mass is 9.82. The van der Waals surface area contributed by atoms with E-state index in [0.29, 0.717) is 0 Å². The fourth-order valence-corrected chi connectivity index (χ4v) is 8.21. The number of fused-ring (bicyclic) bond motifs is 6. The van der Waals surface area contributed by atoms with Crippen molar-refractivity contribution in [3.63, 3.8) is 0 Å². The van der Waals surface area contributed by atoms with Crippen LogP contribution in [0.5, 0.6) is 11.5 Å². The van der Waals surface area contributed by atoms with Gasteiger partial charge in [0.1, 0.15) is 11.5 Å². The Morgan fingerprint density at radius 1 is 0.449 bits per heavy atom. The zero-order valence-electron chi connectivity index (χ0n) is 27.4. The van der Waals surface area contributed by atoms with E-state index in [1.165, 1.54) is 44.2 Å². The van der Waals surface area contributed by atoms with Crippen molar-refractivity contribution in [2.75, 3.05) is 4.90 Å². The molecule has 8 aromatic carbocycles. The molecule has 0 N–H and O–H groups in total. The first-order chi connectivity index (χ1) is 24.0. The molecule has 1 aliphatic heterocycles. The minimum Gasteiger partial charge on any atom is -0.456 e. The summed E-state index contributed by atoms with van der Waals surface area (Å²) in [6, 6.07) is 59.4. The van der Waals surface area contributed by atoms with E-state index < -0.39 is 0 Å². The Bertz CT molecular complexity index is 2620. The van der Waals surface area contributed by atoms with Gasteiger partial charge >= 0.3 is 0 Å². The summed E-state index contributed by atoms with van der Waals surface area (Å²) < 4.78 is 6.72. The van der Waals surface area contributed by atoms with Gasteiger partial charge in [-0.1, -0.05) is 129 Å². The van der Waals surface area contributed by atoms with E-state index in [0.717, 1.165) is 50.5 Å². The highest BCUT2D eigenvalue weighted by atomic mass is 16.5. The quantitative estimate of drug-likeness (QED) is 0.192. The van der Waals surface area contributed by atoms with Crippen LogP contribution < -0.4 is 9.64 Å². The molecule has 0 saturated heterocycles. The van der Waals surface area contributed by atoms with Crippen molar-refractivity contribution in [3.05, 3.63) is 175 Å². The van der Waals surface area contributed by atoms with Crippen molar-refractivity contribution >= 4 is 38.6 Å². The topological polar surface area (TPSA) is 12.5 Å². The highest BCUT2D eigenvalue weighted by Gasteiger charge is 2.35. The van der Waals surface area contributed by atoms with Gasteiger partial charge in [-0.3, -0.25) is 0 Å². The van der Waals surface area contributed by atoms with Crippen molar-refractivity contribution < 1.29 is 4.74 Å². The zero-order valence-corrected chi connectivity index (χ0v) is 27.4. The van der Waals surface area contributed by atoms with Gasteiger partial charge in [-0.15, -0.1) is 0 Å². The predicted octanol–water partition coefficient (Wildman–Crippen LogP) is 13.2. The molecule has 1 heterocycles. The van der Waals surface area contributed by atoms with Crippen molar-refractivity contribution in [1.82, 2.24) is 0 Å². The molecule has 0 unspecified atom stereocenters. The number of rotatable bonds is 4. The van der Waals surface area contributed by atoms with Gasteiger partial charge in [-0.2, -0.15) is 0 Å². The van der Waals surface area contributed by atoms with E-state index >= 15 is 0 Å². The molecule has 0 atom stereocenters. The third-order valence-electron chi connectivity index (χ3n) is 10.6. The predicted molar refractivity (Wildman–Crippen MR) is 205 cm³/mol. The second kappa shape index (κ2) is 10.4. The van der Waals surface area contributed by atoms with Crippen molar-refractivity contribution in [2.24, 2.45) is 0 Å². The van der Waals surface area contributed by atoms with Crippen LogP contribution in [-0.2, 0) is 5.41 Å². The van der Waals surface area contributed by atoms with Crippen LogP contribution in [0.2, 0.25) is 0 Å². The Hall–Kier alpha value is -6.12. The SMILES string of the molecule is CC1(C)c2ccccc2-c2cc(N(c3ccc4ccccc4c3)c3ccc4c5c(cccc35)-c3ccc(-c5ccccc5)cc3O4)ccc21. The average Bonchev–Trinajstić information content (AvgIpc) is 3.38. The number of hydrogen-bond donors (Lipinski definition) is 0. The van der Waals surface area contributed by atoms with Gasteiger partial charge in [-0.05, 0) is 98.2 Å². The molecule has 49 heavy (non-hydrogen) atoms. The molecule has 8 aromatic rings. The summed E-state index contributed by atoms with van der Waals surface area (Å²) in [4.78, 5) is 2.43. The first kappa shape index (κ1) is 27.9. The first-order valence-corrected chi connectivity index (χ1v) is 17.0.